The number of fused-ring (bicyclic) bond motifs is 1. The van der Waals surface area contributed by atoms with Crippen LogP contribution in [0.2, 0.25) is 0 Å². The summed E-state index contributed by atoms with van der Waals surface area (Å²) in [6, 6.07) is 5.79. The second-order valence-electron chi connectivity index (χ2n) is 5.77. The van der Waals surface area contributed by atoms with Gasteiger partial charge in [0, 0.05) is 24.3 Å². The third-order valence-electron chi connectivity index (χ3n) is 4.06. The Hall–Kier alpha value is -2.30. The van der Waals surface area contributed by atoms with Gasteiger partial charge in [-0.3, -0.25) is 9.48 Å². The first-order chi connectivity index (χ1) is 10.5. The number of aryl methyl sites for hydroxylation is 2. The van der Waals surface area contributed by atoms with Crippen LogP contribution in [0.15, 0.2) is 18.2 Å². The van der Waals surface area contributed by atoms with Gasteiger partial charge >= 0.3 is 0 Å². The van der Waals surface area contributed by atoms with Crippen LogP contribution in [-0.2, 0) is 13.0 Å². The molecular formula is C17H21N3O2. The summed E-state index contributed by atoms with van der Waals surface area (Å²) in [6.07, 6.45) is 1.08. The normalized spacial score (nSPS) is 16.3. The minimum atomic E-state index is -0.110. The fourth-order valence-electron chi connectivity index (χ4n) is 3.03. The second-order valence-corrected chi connectivity index (χ2v) is 5.77. The number of nitrogens with one attached hydrogen (secondary N) is 1. The maximum Gasteiger partial charge on any atom is 0.259 e. The molecular weight excluding hydrogens is 278 g/mol. The van der Waals surface area contributed by atoms with Crippen molar-refractivity contribution in [1.82, 2.24) is 9.78 Å². The van der Waals surface area contributed by atoms with Gasteiger partial charge in [0.2, 0.25) is 0 Å². The van der Waals surface area contributed by atoms with Crippen LogP contribution >= 0.6 is 0 Å². The summed E-state index contributed by atoms with van der Waals surface area (Å²) in [7, 11) is 0. The van der Waals surface area contributed by atoms with Gasteiger partial charge in [-0.15, -0.1) is 0 Å². The van der Waals surface area contributed by atoms with Crippen molar-refractivity contribution in [3.8, 4) is 5.75 Å². The molecule has 0 radical (unpaired) electrons. The summed E-state index contributed by atoms with van der Waals surface area (Å²) in [5.41, 5.74) is 4.25. The third kappa shape index (κ3) is 2.47. The van der Waals surface area contributed by atoms with Crippen molar-refractivity contribution in [2.24, 2.45) is 0 Å². The fourth-order valence-corrected chi connectivity index (χ4v) is 3.03. The Labute approximate surface area is 130 Å². The number of carbonyl (C=O) groups is 1. The Morgan fingerprint density at radius 3 is 2.91 bits per heavy atom. The van der Waals surface area contributed by atoms with Crippen molar-refractivity contribution in [1.29, 1.82) is 0 Å². The molecule has 22 heavy (non-hydrogen) atoms. The summed E-state index contributed by atoms with van der Waals surface area (Å²) in [4.78, 5) is 12.6. The maximum absolute atomic E-state index is 12.6. The molecule has 1 aliphatic heterocycles. The molecule has 0 bridgehead atoms. The molecule has 1 atom stereocenters. The lowest BCUT2D eigenvalue weighted by Crippen LogP contribution is -2.14. The molecule has 116 valence electrons. The molecule has 5 heteroatoms. The van der Waals surface area contributed by atoms with Crippen molar-refractivity contribution in [2.75, 3.05) is 5.32 Å². The highest BCUT2D eigenvalue weighted by molar-refractivity contribution is 6.05. The lowest BCUT2D eigenvalue weighted by atomic mass is 10.1. The van der Waals surface area contributed by atoms with E-state index in [1.807, 2.05) is 50.6 Å². The molecule has 0 fully saturated rings. The lowest BCUT2D eigenvalue weighted by molar-refractivity contribution is 0.102. The molecule has 5 nitrogen and oxygen atoms in total. The van der Waals surface area contributed by atoms with Crippen LogP contribution < -0.4 is 10.1 Å². The van der Waals surface area contributed by atoms with E-state index in [0.29, 0.717) is 5.56 Å². The topological polar surface area (TPSA) is 56.2 Å². The van der Waals surface area contributed by atoms with Crippen LogP contribution in [0.4, 0.5) is 5.69 Å². The number of rotatable bonds is 3. The van der Waals surface area contributed by atoms with E-state index in [4.69, 9.17) is 4.74 Å². The number of hydrogen-bond acceptors (Lipinski definition) is 3. The van der Waals surface area contributed by atoms with Gasteiger partial charge in [0.1, 0.15) is 11.9 Å². The minimum Gasteiger partial charge on any atom is -0.490 e. The molecule has 1 aliphatic rings. The number of carbonyl (C=O) groups excluding carboxylic acids is 1. The van der Waals surface area contributed by atoms with Crippen LogP contribution in [0.3, 0.4) is 0 Å². The maximum atomic E-state index is 12.6. The predicted molar refractivity (Wildman–Crippen MR) is 85.6 cm³/mol. The summed E-state index contributed by atoms with van der Waals surface area (Å²) >= 11 is 0. The molecule has 1 unspecified atom stereocenters. The Morgan fingerprint density at radius 1 is 1.45 bits per heavy atom. The number of nitrogens with zero attached hydrogens (tertiary/aromatic N) is 2. The average molecular weight is 299 g/mol. The molecule has 0 aliphatic carbocycles. The summed E-state index contributed by atoms with van der Waals surface area (Å²) in [5, 5.41) is 7.37. The largest absolute Gasteiger partial charge is 0.490 e. The number of benzene rings is 1. The zero-order valence-corrected chi connectivity index (χ0v) is 13.4. The van der Waals surface area contributed by atoms with Crippen molar-refractivity contribution in [2.45, 2.75) is 46.8 Å². The molecule has 1 N–H and O–H groups in total. The Balaban J connectivity index is 1.84. The fraction of sp³-hybridized carbons (Fsp3) is 0.412. The van der Waals surface area contributed by atoms with Gasteiger partial charge in [0.25, 0.3) is 5.91 Å². The average Bonchev–Trinajstić information content (AvgIpc) is 2.97. The van der Waals surface area contributed by atoms with Gasteiger partial charge in [0.05, 0.1) is 11.3 Å². The SMILES string of the molecule is CCn1nc(C)c(C(=O)Nc2ccc3c(c2)CC(C)O3)c1C. The van der Waals surface area contributed by atoms with E-state index in [9.17, 15) is 4.79 Å². The van der Waals surface area contributed by atoms with Crippen LogP contribution in [0.5, 0.6) is 5.75 Å². The Morgan fingerprint density at radius 2 is 2.23 bits per heavy atom. The monoisotopic (exact) mass is 299 g/mol. The molecule has 1 amide bonds. The Kier molecular flexibility index (Phi) is 3.64. The number of hydrogen-bond donors (Lipinski definition) is 1. The van der Waals surface area contributed by atoms with Gasteiger partial charge in [-0.25, -0.2) is 0 Å². The van der Waals surface area contributed by atoms with E-state index in [2.05, 4.69) is 10.4 Å². The predicted octanol–water partition coefficient (Wildman–Crippen LogP) is 3.10. The standard InChI is InChI=1S/C17H21N3O2/c1-5-20-12(4)16(11(3)19-20)17(21)18-14-6-7-15-13(9-14)8-10(2)22-15/h6-7,9-10H,5,8H2,1-4H3,(H,18,21). The number of ether oxygens (including phenoxy) is 1. The van der Waals surface area contributed by atoms with Crippen molar-refractivity contribution in [3.63, 3.8) is 0 Å². The smallest absolute Gasteiger partial charge is 0.259 e. The third-order valence-corrected chi connectivity index (χ3v) is 4.06. The first-order valence-electron chi connectivity index (χ1n) is 7.64. The molecule has 0 saturated carbocycles. The molecule has 2 aromatic rings. The van der Waals surface area contributed by atoms with E-state index in [1.165, 1.54) is 0 Å². The first kappa shape index (κ1) is 14.6. The minimum absolute atomic E-state index is 0.110. The molecule has 1 aromatic carbocycles. The lowest BCUT2D eigenvalue weighted by Gasteiger charge is -2.07. The zero-order valence-electron chi connectivity index (χ0n) is 13.4. The van der Waals surface area contributed by atoms with Crippen LogP contribution in [0.1, 0.15) is 41.2 Å². The van der Waals surface area contributed by atoms with E-state index < -0.39 is 0 Å². The highest BCUT2D eigenvalue weighted by Crippen LogP contribution is 2.31. The van der Waals surface area contributed by atoms with Crippen LogP contribution in [0, 0.1) is 13.8 Å². The highest BCUT2D eigenvalue weighted by Gasteiger charge is 2.21. The van der Waals surface area contributed by atoms with E-state index in [1.54, 1.807) is 0 Å². The van der Waals surface area contributed by atoms with E-state index in [-0.39, 0.29) is 12.0 Å². The van der Waals surface area contributed by atoms with Gasteiger partial charge in [-0.05, 0) is 51.5 Å². The highest BCUT2D eigenvalue weighted by atomic mass is 16.5. The van der Waals surface area contributed by atoms with Crippen molar-refractivity contribution in [3.05, 3.63) is 40.7 Å². The van der Waals surface area contributed by atoms with Gasteiger partial charge in [-0.1, -0.05) is 0 Å². The van der Waals surface area contributed by atoms with Crippen molar-refractivity contribution < 1.29 is 9.53 Å². The number of amides is 1. The van der Waals surface area contributed by atoms with E-state index >= 15 is 0 Å². The van der Waals surface area contributed by atoms with Gasteiger partial charge in [0.15, 0.2) is 0 Å². The molecule has 0 saturated heterocycles. The summed E-state index contributed by atoms with van der Waals surface area (Å²) < 4.78 is 7.53. The number of aromatic nitrogens is 2. The van der Waals surface area contributed by atoms with Gasteiger partial charge < -0.3 is 10.1 Å². The molecule has 0 spiro atoms. The zero-order chi connectivity index (χ0) is 15.9. The van der Waals surface area contributed by atoms with Crippen LogP contribution in [0.25, 0.3) is 0 Å². The molecule has 2 heterocycles. The Bertz CT molecular complexity index is 734. The van der Waals surface area contributed by atoms with Gasteiger partial charge in [-0.2, -0.15) is 5.10 Å². The van der Waals surface area contributed by atoms with Crippen LogP contribution in [-0.4, -0.2) is 21.8 Å². The van der Waals surface area contributed by atoms with E-state index in [0.717, 1.165) is 41.4 Å². The summed E-state index contributed by atoms with van der Waals surface area (Å²) in [6.45, 7) is 8.61. The summed E-state index contributed by atoms with van der Waals surface area (Å²) in [5.74, 6) is 0.804. The quantitative estimate of drug-likeness (QED) is 0.947. The molecule has 1 aromatic heterocycles. The first-order valence-corrected chi connectivity index (χ1v) is 7.64. The number of anilines is 1. The molecule has 3 rings (SSSR count). The second kappa shape index (κ2) is 5.48. The van der Waals surface area contributed by atoms with Crippen molar-refractivity contribution >= 4 is 11.6 Å².